The molecule has 0 unspecified atom stereocenters. The van der Waals surface area contributed by atoms with E-state index in [2.05, 4.69) is 11.6 Å². The first kappa shape index (κ1) is 16.9. The number of amides is 1. The van der Waals surface area contributed by atoms with Gasteiger partial charge < -0.3 is 4.90 Å². The number of fused-ring (bicyclic) bond motifs is 1. The van der Waals surface area contributed by atoms with Gasteiger partial charge in [-0.25, -0.2) is 4.98 Å². The Balaban J connectivity index is 1.98. The van der Waals surface area contributed by atoms with Crippen LogP contribution in [0.5, 0.6) is 0 Å². The number of carbonyl (C=O) groups excluding carboxylic acids is 1. The summed E-state index contributed by atoms with van der Waals surface area (Å²) in [7, 11) is 0. The maximum absolute atomic E-state index is 12.9. The molecule has 25 heavy (non-hydrogen) atoms. The fourth-order valence-corrected chi connectivity index (χ4v) is 2.75. The van der Waals surface area contributed by atoms with Gasteiger partial charge in [-0.1, -0.05) is 41.9 Å². The van der Waals surface area contributed by atoms with E-state index in [9.17, 15) is 9.59 Å². The van der Waals surface area contributed by atoms with Gasteiger partial charge in [0.1, 0.15) is 11.2 Å². The molecule has 3 aromatic rings. The molecule has 6 heteroatoms. The second kappa shape index (κ2) is 7.32. The molecule has 2 heterocycles. The molecule has 0 aliphatic rings. The predicted octanol–water partition coefficient (Wildman–Crippen LogP) is 3.18. The van der Waals surface area contributed by atoms with Crippen molar-refractivity contribution in [3.05, 3.63) is 94.0 Å². The Morgan fingerprint density at radius 3 is 2.76 bits per heavy atom. The molecular formula is C19H16ClN3O2. The highest BCUT2D eigenvalue weighted by Gasteiger charge is 2.20. The van der Waals surface area contributed by atoms with Gasteiger partial charge in [-0.3, -0.25) is 14.0 Å². The van der Waals surface area contributed by atoms with Crippen LogP contribution in [0, 0.1) is 0 Å². The lowest BCUT2D eigenvalue weighted by atomic mass is 10.2. The van der Waals surface area contributed by atoms with E-state index in [1.54, 1.807) is 36.5 Å². The van der Waals surface area contributed by atoms with Crippen LogP contribution in [0.2, 0.25) is 5.02 Å². The molecule has 0 bridgehead atoms. The summed E-state index contributed by atoms with van der Waals surface area (Å²) < 4.78 is 1.36. The van der Waals surface area contributed by atoms with Crippen LogP contribution in [0.3, 0.4) is 0 Å². The Hall–Kier alpha value is -2.92. The number of nitrogens with zero attached hydrogens (tertiary/aromatic N) is 3. The average Bonchev–Trinajstić information content (AvgIpc) is 2.63. The van der Waals surface area contributed by atoms with Crippen molar-refractivity contribution in [2.24, 2.45) is 0 Å². The van der Waals surface area contributed by atoms with Crippen LogP contribution in [0.4, 0.5) is 0 Å². The molecule has 2 aromatic heterocycles. The zero-order valence-corrected chi connectivity index (χ0v) is 14.2. The molecule has 0 fully saturated rings. The lowest BCUT2D eigenvalue weighted by Gasteiger charge is -2.21. The first-order chi connectivity index (χ1) is 12.1. The van der Waals surface area contributed by atoms with E-state index in [0.717, 1.165) is 5.56 Å². The van der Waals surface area contributed by atoms with Gasteiger partial charge in [0, 0.05) is 30.5 Å². The van der Waals surface area contributed by atoms with Gasteiger partial charge in [-0.15, -0.1) is 6.58 Å². The molecule has 1 aromatic carbocycles. The molecule has 0 spiro atoms. The molecule has 0 aliphatic carbocycles. The number of pyridine rings is 1. The topological polar surface area (TPSA) is 54.7 Å². The summed E-state index contributed by atoms with van der Waals surface area (Å²) in [4.78, 5) is 31.2. The average molecular weight is 354 g/mol. The van der Waals surface area contributed by atoms with Gasteiger partial charge in [0.2, 0.25) is 0 Å². The summed E-state index contributed by atoms with van der Waals surface area (Å²) in [6, 6.07) is 12.5. The van der Waals surface area contributed by atoms with E-state index in [4.69, 9.17) is 11.6 Å². The summed E-state index contributed by atoms with van der Waals surface area (Å²) in [5.74, 6) is -0.407. The van der Waals surface area contributed by atoms with Gasteiger partial charge in [0.25, 0.3) is 11.5 Å². The Labute approximate surface area is 149 Å². The van der Waals surface area contributed by atoms with E-state index in [0.29, 0.717) is 17.2 Å². The van der Waals surface area contributed by atoms with Crippen molar-refractivity contribution in [3.63, 3.8) is 0 Å². The Kier molecular flexibility index (Phi) is 4.95. The molecule has 3 rings (SSSR count). The van der Waals surface area contributed by atoms with Crippen LogP contribution in [0.1, 0.15) is 15.9 Å². The molecule has 0 atom stereocenters. The van der Waals surface area contributed by atoms with Crippen LogP contribution in [0.15, 0.2) is 72.3 Å². The Morgan fingerprint density at radius 2 is 2.00 bits per heavy atom. The van der Waals surface area contributed by atoms with E-state index in [-0.39, 0.29) is 12.1 Å². The fourth-order valence-electron chi connectivity index (χ4n) is 2.55. The SMILES string of the molecule is C=CCN(Cc1ccccc1Cl)C(=O)c1cnc2ccccn2c1=O. The van der Waals surface area contributed by atoms with Crippen molar-refractivity contribution in [1.82, 2.24) is 14.3 Å². The van der Waals surface area contributed by atoms with Crippen LogP contribution in [-0.2, 0) is 6.54 Å². The van der Waals surface area contributed by atoms with E-state index < -0.39 is 11.5 Å². The van der Waals surface area contributed by atoms with Gasteiger partial charge >= 0.3 is 0 Å². The second-order valence-electron chi connectivity index (χ2n) is 5.47. The van der Waals surface area contributed by atoms with Crippen molar-refractivity contribution in [2.45, 2.75) is 6.54 Å². The summed E-state index contributed by atoms with van der Waals surface area (Å²) >= 11 is 6.19. The monoisotopic (exact) mass is 353 g/mol. The van der Waals surface area contributed by atoms with Crippen LogP contribution in [-0.4, -0.2) is 26.7 Å². The molecule has 0 radical (unpaired) electrons. The van der Waals surface area contributed by atoms with Gasteiger partial charge in [0.05, 0.1) is 0 Å². The minimum absolute atomic E-state index is 0.0117. The van der Waals surface area contributed by atoms with E-state index in [1.807, 2.05) is 18.2 Å². The van der Waals surface area contributed by atoms with Crippen LogP contribution >= 0.6 is 11.6 Å². The minimum Gasteiger partial charge on any atom is -0.330 e. The van der Waals surface area contributed by atoms with E-state index >= 15 is 0 Å². The van der Waals surface area contributed by atoms with Gasteiger partial charge in [-0.05, 0) is 23.8 Å². The fraction of sp³-hybridized carbons (Fsp3) is 0.105. The molecule has 0 saturated carbocycles. The summed E-state index contributed by atoms with van der Waals surface area (Å²) in [6.45, 7) is 4.26. The summed E-state index contributed by atoms with van der Waals surface area (Å²) in [6.07, 6.45) is 4.52. The second-order valence-corrected chi connectivity index (χ2v) is 5.88. The maximum atomic E-state index is 12.9. The number of rotatable bonds is 5. The zero-order valence-electron chi connectivity index (χ0n) is 13.4. The van der Waals surface area contributed by atoms with Crippen molar-refractivity contribution < 1.29 is 4.79 Å². The molecule has 1 amide bonds. The number of hydrogen-bond donors (Lipinski definition) is 0. The number of hydrogen-bond acceptors (Lipinski definition) is 3. The third-order valence-corrected chi connectivity index (χ3v) is 4.17. The Morgan fingerprint density at radius 1 is 1.24 bits per heavy atom. The highest BCUT2D eigenvalue weighted by Crippen LogP contribution is 2.18. The lowest BCUT2D eigenvalue weighted by Crippen LogP contribution is -2.35. The number of benzene rings is 1. The molecule has 0 saturated heterocycles. The van der Waals surface area contributed by atoms with E-state index in [1.165, 1.54) is 15.5 Å². The molecule has 5 nitrogen and oxygen atoms in total. The van der Waals surface area contributed by atoms with Crippen LogP contribution in [0.25, 0.3) is 5.65 Å². The Bertz CT molecular complexity index is 997. The van der Waals surface area contributed by atoms with Crippen molar-refractivity contribution >= 4 is 23.2 Å². The normalized spacial score (nSPS) is 10.6. The third kappa shape index (κ3) is 3.46. The zero-order chi connectivity index (χ0) is 17.8. The maximum Gasteiger partial charge on any atom is 0.270 e. The highest BCUT2D eigenvalue weighted by molar-refractivity contribution is 6.31. The van der Waals surface area contributed by atoms with Crippen molar-refractivity contribution in [2.75, 3.05) is 6.54 Å². The smallest absolute Gasteiger partial charge is 0.270 e. The largest absolute Gasteiger partial charge is 0.330 e. The predicted molar refractivity (Wildman–Crippen MR) is 97.9 cm³/mol. The lowest BCUT2D eigenvalue weighted by molar-refractivity contribution is 0.0760. The van der Waals surface area contributed by atoms with Gasteiger partial charge in [0.15, 0.2) is 0 Å². The summed E-state index contributed by atoms with van der Waals surface area (Å²) in [5.41, 5.74) is 0.903. The molecular weight excluding hydrogens is 338 g/mol. The van der Waals surface area contributed by atoms with Crippen molar-refractivity contribution in [1.29, 1.82) is 0 Å². The first-order valence-electron chi connectivity index (χ1n) is 7.72. The molecule has 0 aliphatic heterocycles. The highest BCUT2D eigenvalue weighted by atomic mass is 35.5. The number of aromatic nitrogens is 2. The van der Waals surface area contributed by atoms with Crippen molar-refractivity contribution in [3.8, 4) is 0 Å². The third-order valence-electron chi connectivity index (χ3n) is 3.80. The first-order valence-corrected chi connectivity index (χ1v) is 8.09. The quantitative estimate of drug-likeness (QED) is 0.662. The van der Waals surface area contributed by atoms with Crippen LogP contribution < -0.4 is 5.56 Å². The number of halogens is 1. The standard InChI is InChI=1S/C19H16ClN3O2/c1-2-10-22(13-14-7-3-4-8-16(14)20)18(24)15-12-21-17-9-5-6-11-23(17)19(15)25/h2-9,11-12H,1,10,13H2. The van der Waals surface area contributed by atoms with Gasteiger partial charge in [-0.2, -0.15) is 0 Å². The molecule has 0 N–H and O–H groups in total. The summed E-state index contributed by atoms with van der Waals surface area (Å²) in [5, 5.41) is 0.567. The molecule has 126 valence electrons. The number of carbonyl (C=O) groups is 1. The minimum atomic E-state index is -0.407.